The number of aryl methyl sites for hydroxylation is 1. The van der Waals surface area contributed by atoms with Gasteiger partial charge in [-0.25, -0.2) is 0 Å². The summed E-state index contributed by atoms with van der Waals surface area (Å²) in [7, 11) is 0. The number of hydrogen-bond donors (Lipinski definition) is 2. The average molecular weight is 248 g/mol. The summed E-state index contributed by atoms with van der Waals surface area (Å²) in [4.78, 5) is 2.36. The number of nitrogens with zero attached hydrogens (tertiary/aromatic N) is 1. The summed E-state index contributed by atoms with van der Waals surface area (Å²) >= 11 is 0. The number of hydrogen-bond acceptors (Lipinski definition) is 3. The molecule has 2 rings (SSSR count). The molecular weight excluding hydrogens is 224 g/mol. The first-order chi connectivity index (χ1) is 8.53. The van der Waals surface area contributed by atoms with Gasteiger partial charge in [-0.05, 0) is 24.0 Å². The molecule has 3 heteroatoms. The topological polar surface area (TPSA) is 35.5 Å². The molecule has 1 aromatic carbocycles. The summed E-state index contributed by atoms with van der Waals surface area (Å²) < 4.78 is 0. The lowest BCUT2D eigenvalue weighted by atomic mass is 9.92. The Balaban J connectivity index is 2.33. The Morgan fingerprint density at radius 2 is 2.11 bits per heavy atom. The number of benzene rings is 1. The largest absolute Gasteiger partial charge is 0.394 e. The number of rotatable bonds is 2. The summed E-state index contributed by atoms with van der Waals surface area (Å²) in [5.41, 5.74) is 2.73. The lowest BCUT2D eigenvalue weighted by Gasteiger charge is -2.36. The van der Waals surface area contributed by atoms with E-state index >= 15 is 0 Å². The fourth-order valence-corrected chi connectivity index (χ4v) is 2.66. The van der Waals surface area contributed by atoms with E-state index in [1.165, 1.54) is 11.3 Å². The SMILES string of the molecule is Cc1ccccc1N1CC(C)(C)CNCC1CO. The fourth-order valence-electron chi connectivity index (χ4n) is 2.66. The maximum Gasteiger partial charge on any atom is 0.0647 e. The van der Waals surface area contributed by atoms with Crippen molar-refractivity contribution >= 4 is 5.69 Å². The lowest BCUT2D eigenvalue weighted by molar-refractivity contribution is 0.258. The van der Waals surface area contributed by atoms with E-state index in [1.807, 2.05) is 0 Å². The highest BCUT2D eigenvalue weighted by Gasteiger charge is 2.30. The van der Waals surface area contributed by atoms with Gasteiger partial charge >= 0.3 is 0 Å². The highest BCUT2D eigenvalue weighted by molar-refractivity contribution is 5.54. The van der Waals surface area contributed by atoms with Gasteiger partial charge in [0, 0.05) is 25.3 Å². The molecule has 1 saturated heterocycles. The van der Waals surface area contributed by atoms with Gasteiger partial charge in [0.1, 0.15) is 0 Å². The Kier molecular flexibility index (Phi) is 3.93. The van der Waals surface area contributed by atoms with Crippen molar-refractivity contribution in [1.29, 1.82) is 0 Å². The Morgan fingerprint density at radius 1 is 1.39 bits per heavy atom. The number of para-hydroxylation sites is 1. The zero-order valence-electron chi connectivity index (χ0n) is 11.6. The minimum Gasteiger partial charge on any atom is -0.394 e. The van der Waals surface area contributed by atoms with Crippen LogP contribution in [0.1, 0.15) is 19.4 Å². The number of anilines is 1. The van der Waals surface area contributed by atoms with Gasteiger partial charge in [-0.1, -0.05) is 32.0 Å². The summed E-state index contributed by atoms with van der Waals surface area (Å²) in [6.07, 6.45) is 0. The molecule has 1 atom stereocenters. The molecule has 0 bridgehead atoms. The Morgan fingerprint density at radius 3 is 2.78 bits per heavy atom. The second-order valence-electron chi connectivity index (χ2n) is 6.05. The lowest BCUT2D eigenvalue weighted by Crippen LogP contribution is -2.44. The summed E-state index contributed by atoms with van der Waals surface area (Å²) in [6.45, 7) is 9.67. The van der Waals surface area contributed by atoms with Gasteiger partial charge in [-0.2, -0.15) is 0 Å². The molecule has 1 aliphatic rings. The van der Waals surface area contributed by atoms with Gasteiger partial charge < -0.3 is 15.3 Å². The molecule has 0 saturated carbocycles. The molecule has 2 N–H and O–H groups in total. The Hall–Kier alpha value is -1.06. The van der Waals surface area contributed by atoms with Crippen molar-refractivity contribution < 1.29 is 5.11 Å². The molecule has 1 fully saturated rings. The third-order valence-corrected chi connectivity index (χ3v) is 3.66. The van der Waals surface area contributed by atoms with Crippen molar-refractivity contribution in [3.05, 3.63) is 29.8 Å². The second-order valence-corrected chi connectivity index (χ2v) is 6.05. The third-order valence-electron chi connectivity index (χ3n) is 3.66. The molecule has 1 aliphatic heterocycles. The van der Waals surface area contributed by atoms with E-state index in [2.05, 4.69) is 55.3 Å². The first kappa shape index (κ1) is 13.4. The van der Waals surface area contributed by atoms with Gasteiger partial charge in [0.05, 0.1) is 12.6 Å². The molecule has 0 radical (unpaired) electrons. The van der Waals surface area contributed by atoms with Crippen molar-refractivity contribution in [2.24, 2.45) is 5.41 Å². The van der Waals surface area contributed by atoms with Gasteiger partial charge in [0.25, 0.3) is 0 Å². The molecule has 0 amide bonds. The molecule has 100 valence electrons. The van der Waals surface area contributed by atoms with Crippen LogP contribution >= 0.6 is 0 Å². The first-order valence-electron chi connectivity index (χ1n) is 6.67. The predicted octanol–water partition coefficient (Wildman–Crippen LogP) is 1.79. The van der Waals surface area contributed by atoms with Crippen LogP contribution < -0.4 is 10.2 Å². The van der Waals surface area contributed by atoms with Crippen molar-refractivity contribution in [2.45, 2.75) is 26.8 Å². The zero-order valence-corrected chi connectivity index (χ0v) is 11.6. The van der Waals surface area contributed by atoms with Crippen LogP contribution in [0.4, 0.5) is 5.69 Å². The monoisotopic (exact) mass is 248 g/mol. The van der Waals surface area contributed by atoms with E-state index in [0.29, 0.717) is 0 Å². The van der Waals surface area contributed by atoms with Crippen molar-refractivity contribution in [3.63, 3.8) is 0 Å². The van der Waals surface area contributed by atoms with Gasteiger partial charge in [-0.15, -0.1) is 0 Å². The molecular formula is C15H24N2O. The van der Waals surface area contributed by atoms with Crippen molar-refractivity contribution in [2.75, 3.05) is 31.1 Å². The van der Waals surface area contributed by atoms with E-state index < -0.39 is 0 Å². The van der Waals surface area contributed by atoms with Crippen molar-refractivity contribution in [1.82, 2.24) is 5.32 Å². The molecule has 0 aliphatic carbocycles. The van der Waals surface area contributed by atoms with Crippen LogP contribution in [0.25, 0.3) is 0 Å². The van der Waals surface area contributed by atoms with Crippen LogP contribution in [0.2, 0.25) is 0 Å². The van der Waals surface area contributed by atoms with E-state index in [-0.39, 0.29) is 18.1 Å². The summed E-state index contributed by atoms with van der Waals surface area (Å²) in [6, 6.07) is 8.58. The predicted molar refractivity (Wildman–Crippen MR) is 76.0 cm³/mol. The van der Waals surface area contributed by atoms with Crippen LogP contribution in [-0.2, 0) is 0 Å². The molecule has 0 aromatic heterocycles. The molecule has 3 nitrogen and oxygen atoms in total. The molecule has 1 heterocycles. The summed E-state index contributed by atoms with van der Waals surface area (Å²) in [5.74, 6) is 0. The molecule has 1 unspecified atom stereocenters. The van der Waals surface area contributed by atoms with E-state index in [4.69, 9.17) is 0 Å². The Labute approximate surface area is 110 Å². The third kappa shape index (κ3) is 2.85. The van der Waals surface area contributed by atoms with Gasteiger partial charge in [-0.3, -0.25) is 0 Å². The van der Waals surface area contributed by atoms with Crippen LogP contribution in [0.3, 0.4) is 0 Å². The van der Waals surface area contributed by atoms with Crippen LogP contribution in [0, 0.1) is 12.3 Å². The first-order valence-corrected chi connectivity index (χ1v) is 6.67. The highest BCUT2D eigenvalue weighted by Crippen LogP contribution is 2.28. The maximum atomic E-state index is 9.63. The van der Waals surface area contributed by atoms with Gasteiger partial charge in [0.2, 0.25) is 0 Å². The zero-order chi connectivity index (χ0) is 13.2. The minimum atomic E-state index is 0.160. The van der Waals surface area contributed by atoms with E-state index in [9.17, 15) is 5.11 Å². The van der Waals surface area contributed by atoms with Crippen LogP contribution in [-0.4, -0.2) is 37.4 Å². The summed E-state index contributed by atoms with van der Waals surface area (Å²) in [5, 5.41) is 13.1. The smallest absolute Gasteiger partial charge is 0.0647 e. The Bertz CT molecular complexity index is 403. The van der Waals surface area contributed by atoms with Crippen LogP contribution in [0.5, 0.6) is 0 Å². The van der Waals surface area contributed by atoms with Crippen molar-refractivity contribution in [3.8, 4) is 0 Å². The highest BCUT2D eigenvalue weighted by atomic mass is 16.3. The average Bonchev–Trinajstić information content (AvgIpc) is 2.47. The number of aliphatic hydroxyl groups excluding tert-OH is 1. The molecule has 18 heavy (non-hydrogen) atoms. The number of nitrogens with one attached hydrogen (secondary N) is 1. The quantitative estimate of drug-likeness (QED) is 0.837. The number of aliphatic hydroxyl groups is 1. The normalized spacial score (nSPS) is 23.8. The fraction of sp³-hybridized carbons (Fsp3) is 0.600. The van der Waals surface area contributed by atoms with E-state index in [0.717, 1.165) is 19.6 Å². The van der Waals surface area contributed by atoms with Gasteiger partial charge in [0.15, 0.2) is 0 Å². The molecule has 1 aromatic rings. The van der Waals surface area contributed by atoms with Crippen LogP contribution in [0.15, 0.2) is 24.3 Å². The maximum absolute atomic E-state index is 9.63. The minimum absolute atomic E-state index is 0.160. The van der Waals surface area contributed by atoms with E-state index in [1.54, 1.807) is 0 Å². The second kappa shape index (κ2) is 5.29. The standard InChI is InChI=1S/C15H24N2O/c1-12-6-4-5-7-14(12)17-11-15(2,3)10-16-8-13(17)9-18/h4-7,13,16,18H,8-11H2,1-3H3. The molecule has 0 spiro atoms.